The fourth-order valence-electron chi connectivity index (χ4n) is 2.00. The zero-order chi connectivity index (χ0) is 9.52. The van der Waals surface area contributed by atoms with E-state index < -0.39 is 0 Å². The molecule has 1 rings (SSSR count). The molecule has 0 aromatic carbocycles. The minimum absolute atomic E-state index is 0.752. The summed E-state index contributed by atoms with van der Waals surface area (Å²) in [6.07, 6.45) is 7.58. The molecule has 1 N–H and O–H groups in total. The van der Waals surface area contributed by atoms with Crippen molar-refractivity contribution in [2.45, 2.75) is 38.1 Å². The molecule has 3 heteroatoms. The molecule has 0 aromatic rings. The first-order valence-electron chi connectivity index (χ1n) is 5.22. The van der Waals surface area contributed by atoms with E-state index in [-0.39, 0.29) is 0 Å². The van der Waals surface area contributed by atoms with Gasteiger partial charge in [0.15, 0.2) is 0 Å². The third-order valence-electron chi connectivity index (χ3n) is 2.89. The van der Waals surface area contributed by atoms with Gasteiger partial charge in [0.2, 0.25) is 6.41 Å². The first-order chi connectivity index (χ1) is 6.34. The summed E-state index contributed by atoms with van der Waals surface area (Å²) in [5.74, 6) is 0. The lowest BCUT2D eigenvalue weighted by Gasteiger charge is -2.30. The Morgan fingerprint density at radius 1 is 1.38 bits per heavy atom. The van der Waals surface area contributed by atoms with Crippen LogP contribution in [0.4, 0.5) is 0 Å². The summed E-state index contributed by atoms with van der Waals surface area (Å²) < 4.78 is 0. The summed E-state index contributed by atoms with van der Waals surface area (Å²) in [6, 6.07) is 0.752. The minimum Gasteiger partial charge on any atom is -0.357 e. The topological polar surface area (TPSA) is 32.3 Å². The SMILES string of the molecule is CN(CCNC=O)C1CCCCC1. The van der Waals surface area contributed by atoms with Crippen LogP contribution in [0, 0.1) is 0 Å². The highest BCUT2D eigenvalue weighted by atomic mass is 16.1. The van der Waals surface area contributed by atoms with Crippen LogP contribution >= 0.6 is 0 Å². The summed E-state index contributed by atoms with van der Waals surface area (Å²) in [4.78, 5) is 12.4. The van der Waals surface area contributed by atoms with Crippen LogP contribution in [0.25, 0.3) is 0 Å². The van der Waals surface area contributed by atoms with Gasteiger partial charge in [0.25, 0.3) is 0 Å². The van der Waals surface area contributed by atoms with E-state index in [0.29, 0.717) is 0 Å². The molecule has 0 spiro atoms. The lowest BCUT2D eigenvalue weighted by atomic mass is 9.94. The molecule has 13 heavy (non-hydrogen) atoms. The van der Waals surface area contributed by atoms with E-state index in [1.807, 2.05) is 0 Å². The minimum atomic E-state index is 0.752. The van der Waals surface area contributed by atoms with Crippen molar-refractivity contribution in [2.75, 3.05) is 20.1 Å². The van der Waals surface area contributed by atoms with Gasteiger partial charge in [-0.1, -0.05) is 19.3 Å². The predicted molar refractivity (Wildman–Crippen MR) is 53.6 cm³/mol. The zero-order valence-corrected chi connectivity index (χ0v) is 8.46. The second-order valence-electron chi connectivity index (χ2n) is 3.84. The molecule has 0 heterocycles. The van der Waals surface area contributed by atoms with Crippen LogP contribution in [0.2, 0.25) is 0 Å². The van der Waals surface area contributed by atoms with Crippen molar-refractivity contribution in [2.24, 2.45) is 0 Å². The van der Waals surface area contributed by atoms with Gasteiger partial charge in [-0.3, -0.25) is 4.79 Å². The summed E-state index contributed by atoms with van der Waals surface area (Å²) in [5, 5.41) is 2.70. The van der Waals surface area contributed by atoms with Gasteiger partial charge in [-0.2, -0.15) is 0 Å². The molecule has 0 aromatic heterocycles. The number of hydrogen-bond donors (Lipinski definition) is 1. The van der Waals surface area contributed by atoms with Crippen molar-refractivity contribution in [3.8, 4) is 0 Å². The molecule has 0 saturated heterocycles. The van der Waals surface area contributed by atoms with Crippen molar-refractivity contribution < 1.29 is 4.79 Å². The molecular formula is C10H20N2O. The van der Waals surface area contributed by atoms with E-state index in [4.69, 9.17) is 0 Å². The molecule has 1 saturated carbocycles. The second kappa shape index (κ2) is 5.97. The number of carbonyl (C=O) groups excluding carboxylic acids is 1. The Morgan fingerprint density at radius 3 is 2.69 bits per heavy atom. The number of amides is 1. The monoisotopic (exact) mass is 184 g/mol. The van der Waals surface area contributed by atoms with Crippen LogP contribution in [-0.4, -0.2) is 37.5 Å². The Bertz CT molecular complexity index is 144. The summed E-state index contributed by atoms with van der Waals surface area (Å²) in [5.41, 5.74) is 0. The van der Waals surface area contributed by atoms with Gasteiger partial charge in [-0.25, -0.2) is 0 Å². The molecule has 0 unspecified atom stereocenters. The lowest BCUT2D eigenvalue weighted by Crippen LogP contribution is -2.37. The maximum Gasteiger partial charge on any atom is 0.207 e. The van der Waals surface area contributed by atoms with Crippen LogP contribution in [-0.2, 0) is 4.79 Å². The van der Waals surface area contributed by atoms with E-state index >= 15 is 0 Å². The highest BCUT2D eigenvalue weighted by Gasteiger charge is 2.16. The molecule has 1 aliphatic carbocycles. The van der Waals surface area contributed by atoms with Gasteiger partial charge in [0.05, 0.1) is 0 Å². The third kappa shape index (κ3) is 3.77. The van der Waals surface area contributed by atoms with Gasteiger partial charge in [-0.05, 0) is 19.9 Å². The first-order valence-corrected chi connectivity index (χ1v) is 5.22. The zero-order valence-electron chi connectivity index (χ0n) is 8.46. The lowest BCUT2D eigenvalue weighted by molar-refractivity contribution is -0.109. The Kier molecular flexibility index (Phi) is 4.83. The number of rotatable bonds is 5. The maximum atomic E-state index is 10.0. The molecule has 3 nitrogen and oxygen atoms in total. The molecule has 76 valence electrons. The quantitative estimate of drug-likeness (QED) is 0.510. The summed E-state index contributed by atoms with van der Waals surface area (Å²) >= 11 is 0. The van der Waals surface area contributed by atoms with Gasteiger partial charge in [-0.15, -0.1) is 0 Å². The van der Waals surface area contributed by atoms with Crippen molar-refractivity contribution in [3.05, 3.63) is 0 Å². The van der Waals surface area contributed by atoms with Crippen LogP contribution < -0.4 is 5.32 Å². The molecule has 1 fully saturated rings. The third-order valence-corrected chi connectivity index (χ3v) is 2.89. The fraction of sp³-hybridized carbons (Fsp3) is 0.900. The number of carbonyl (C=O) groups is 1. The largest absolute Gasteiger partial charge is 0.357 e. The smallest absolute Gasteiger partial charge is 0.207 e. The molecule has 0 aliphatic heterocycles. The van der Waals surface area contributed by atoms with E-state index in [0.717, 1.165) is 25.5 Å². The summed E-state index contributed by atoms with van der Waals surface area (Å²) in [7, 11) is 2.16. The van der Waals surface area contributed by atoms with Gasteiger partial charge in [0, 0.05) is 19.1 Å². The number of nitrogens with one attached hydrogen (secondary N) is 1. The molecule has 1 amide bonds. The Balaban J connectivity index is 2.13. The number of likely N-dealkylation sites (N-methyl/N-ethyl adjacent to an activating group) is 1. The average molecular weight is 184 g/mol. The van der Waals surface area contributed by atoms with Gasteiger partial charge < -0.3 is 10.2 Å². The Morgan fingerprint density at radius 2 is 2.08 bits per heavy atom. The molecule has 0 atom stereocenters. The van der Waals surface area contributed by atoms with Crippen LogP contribution in [0.5, 0.6) is 0 Å². The van der Waals surface area contributed by atoms with Crippen LogP contribution in [0.1, 0.15) is 32.1 Å². The highest BCUT2D eigenvalue weighted by molar-refractivity contribution is 5.45. The van der Waals surface area contributed by atoms with Crippen molar-refractivity contribution in [1.82, 2.24) is 10.2 Å². The second-order valence-corrected chi connectivity index (χ2v) is 3.84. The predicted octanol–water partition coefficient (Wildman–Crippen LogP) is 0.997. The maximum absolute atomic E-state index is 10.0. The Labute approximate surface area is 80.5 Å². The van der Waals surface area contributed by atoms with Crippen molar-refractivity contribution in [1.29, 1.82) is 0 Å². The van der Waals surface area contributed by atoms with E-state index in [9.17, 15) is 4.79 Å². The Hall–Kier alpha value is -0.570. The highest BCUT2D eigenvalue weighted by Crippen LogP contribution is 2.20. The average Bonchev–Trinajstić information content (AvgIpc) is 2.19. The molecule has 0 bridgehead atoms. The number of hydrogen-bond acceptors (Lipinski definition) is 2. The first kappa shape index (κ1) is 10.5. The van der Waals surface area contributed by atoms with Gasteiger partial charge in [0.1, 0.15) is 0 Å². The van der Waals surface area contributed by atoms with Crippen molar-refractivity contribution >= 4 is 6.41 Å². The number of nitrogens with zero attached hydrogens (tertiary/aromatic N) is 1. The van der Waals surface area contributed by atoms with Crippen LogP contribution in [0.3, 0.4) is 0 Å². The van der Waals surface area contributed by atoms with Gasteiger partial charge >= 0.3 is 0 Å². The normalized spacial score (nSPS) is 18.9. The van der Waals surface area contributed by atoms with E-state index in [2.05, 4.69) is 17.3 Å². The van der Waals surface area contributed by atoms with E-state index in [1.165, 1.54) is 32.1 Å². The van der Waals surface area contributed by atoms with Crippen molar-refractivity contribution in [3.63, 3.8) is 0 Å². The van der Waals surface area contributed by atoms with Crippen LogP contribution in [0.15, 0.2) is 0 Å². The molecular weight excluding hydrogens is 164 g/mol. The molecule has 0 radical (unpaired) electrons. The molecule has 1 aliphatic rings. The standard InChI is InChI=1S/C10H20N2O/c1-12(8-7-11-9-13)10-5-3-2-4-6-10/h9-10H,2-8H2,1H3,(H,11,13). The van der Waals surface area contributed by atoms with E-state index in [1.54, 1.807) is 0 Å². The fourth-order valence-corrected chi connectivity index (χ4v) is 2.00. The summed E-state index contributed by atoms with van der Waals surface area (Å²) in [6.45, 7) is 1.75.